The Bertz CT molecular complexity index is 168. The van der Waals surface area contributed by atoms with E-state index in [0.717, 1.165) is 13.1 Å². The molecule has 0 unspecified atom stereocenters. The number of rotatable bonds is 6. The second kappa shape index (κ2) is 6.79. The quantitative estimate of drug-likeness (QED) is 0.492. The molecule has 14 heavy (non-hydrogen) atoms. The second-order valence-electron chi connectivity index (χ2n) is 3.53. The summed E-state index contributed by atoms with van der Waals surface area (Å²) in [5, 5.41) is 3.08. The van der Waals surface area contributed by atoms with Crippen LogP contribution in [-0.2, 0) is 9.53 Å². The molecule has 0 aromatic rings. The Labute approximate surface area is 85.6 Å². The van der Waals surface area contributed by atoms with Gasteiger partial charge >= 0.3 is 5.97 Å². The van der Waals surface area contributed by atoms with Gasteiger partial charge in [-0.3, -0.25) is 4.79 Å². The monoisotopic (exact) mass is 200 g/mol. The number of carbonyl (C=O) groups excluding carboxylic acids is 1. The molecule has 0 saturated carbocycles. The zero-order valence-electron chi connectivity index (χ0n) is 8.92. The van der Waals surface area contributed by atoms with Crippen molar-refractivity contribution < 1.29 is 9.53 Å². The van der Waals surface area contributed by atoms with E-state index in [9.17, 15) is 4.79 Å². The van der Waals surface area contributed by atoms with Gasteiger partial charge in [0.15, 0.2) is 0 Å². The number of esters is 1. The Hall–Kier alpha value is -0.610. The molecule has 1 aliphatic rings. The van der Waals surface area contributed by atoms with E-state index in [4.69, 9.17) is 4.74 Å². The van der Waals surface area contributed by atoms with Crippen LogP contribution >= 0.6 is 0 Å². The summed E-state index contributed by atoms with van der Waals surface area (Å²) >= 11 is 0. The lowest BCUT2D eigenvalue weighted by Gasteiger charge is -2.14. The van der Waals surface area contributed by atoms with Crippen molar-refractivity contribution in [1.29, 1.82) is 0 Å². The van der Waals surface area contributed by atoms with Gasteiger partial charge in [0.25, 0.3) is 0 Å². The lowest BCUT2D eigenvalue weighted by Crippen LogP contribution is -2.33. The molecular formula is C10H20N2O2. The van der Waals surface area contributed by atoms with Crippen LogP contribution in [0.3, 0.4) is 0 Å². The molecule has 82 valence electrons. The number of carbonyl (C=O) groups is 1. The Morgan fingerprint density at radius 2 is 2.14 bits per heavy atom. The van der Waals surface area contributed by atoms with Crippen molar-refractivity contribution in [1.82, 2.24) is 10.2 Å². The maximum Gasteiger partial charge on any atom is 0.319 e. The van der Waals surface area contributed by atoms with E-state index in [0.29, 0.717) is 13.2 Å². The molecule has 0 radical (unpaired) electrons. The number of likely N-dealkylation sites (tertiary alicyclic amines) is 1. The summed E-state index contributed by atoms with van der Waals surface area (Å²) in [6, 6.07) is 0. The van der Waals surface area contributed by atoms with Gasteiger partial charge in [-0.25, -0.2) is 0 Å². The Balaban J connectivity index is 1.90. The van der Waals surface area contributed by atoms with Crippen molar-refractivity contribution >= 4 is 5.97 Å². The van der Waals surface area contributed by atoms with Gasteiger partial charge in [-0.05, 0) is 32.9 Å². The highest BCUT2D eigenvalue weighted by atomic mass is 16.5. The van der Waals surface area contributed by atoms with Crippen LogP contribution in [0.2, 0.25) is 0 Å². The van der Waals surface area contributed by atoms with Gasteiger partial charge < -0.3 is 15.0 Å². The van der Waals surface area contributed by atoms with Crippen LogP contribution < -0.4 is 5.32 Å². The van der Waals surface area contributed by atoms with Gasteiger partial charge in [0.1, 0.15) is 0 Å². The normalized spacial score (nSPS) is 17.2. The lowest BCUT2D eigenvalue weighted by molar-refractivity contribution is -0.141. The third-order valence-corrected chi connectivity index (χ3v) is 2.38. The van der Waals surface area contributed by atoms with Crippen molar-refractivity contribution in [2.75, 3.05) is 39.3 Å². The molecule has 4 nitrogen and oxygen atoms in total. The van der Waals surface area contributed by atoms with E-state index in [2.05, 4.69) is 10.2 Å². The molecule has 1 N–H and O–H groups in total. The van der Waals surface area contributed by atoms with Crippen molar-refractivity contribution in [3.05, 3.63) is 0 Å². The minimum absolute atomic E-state index is 0.158. The first kappa shape index (κ1) is 11.5. The molecule has 0 atom stereocenters. The molecule has 1 heterocycles. The van der Waals surface area contributed by atoms with Crippen LogP contribution in [0, 0.1) is 0 Å². The average molecular weight is 200 g/mol. The number of hydrogen-bond acceptors (Lipinski definition) is 4. The number of nitrogens with one attached hydrogen (secondary N) is 1. The minimum Gasteiger partial charge on any atom is -0.465 e. The Kier molecular flexibility index (Phi) is 5.56. The second-order valence-corrected chi connectivity index (χ2v) is 3.53. The van der Waals surface area contributed by atoms with E-state index in [1.807, 2.05) is 6.92 Å². The van der Waals surface area contributed by atoms with Gasteiger partial charge in [0, 0.05) is 13.1 Å². The molecule has 0 amide bonds. The van der Waals surface area contributed by atoms with E-state index in [1.165, 1.54) is 25.9 Å². The summed E-state index contributed by atoms with van der Waals surface area (Å²) in [6.07, 6.45) is 2.63. The average Bonchev–Trinajstić information content (AvgIpc) is 2.65. The SMILES string of the molecule is CCOC(=O)CNCCN1CCCC1. The Morgan fingerprint density at radius 1 is 1.43 bits per heavy atom. The molecular weight excluding hydrogens is 180 g/mol. The zero-order chi connectivity index (χ0) is 10.2. The fraction of sp³-hybridized carbons (Fsp3) is 0.900. The lowest BCUT2D eigenvalue weighted by atomic mass is 10.4. The van der Waals surface area contributed by atoms with Crippen LogP contribution in [-0.4, -0.2) is 50.2 Å². The molecule has 0 aliphatic carbocycles. The molecule has 0 bridgehead atoms. The van der Waals surface area contributed by atoms with Crippen molar-refractivity contribution in [3.8, 4) is 0 Å². The third kappa shape index (κ3) is 4.58. The largest absolute Gasteiger partial charge is 0.465 e. The van der Waals surface area contributed by atoms with E-state index >= 15 is 0 Å². The first-order valence-corrected chi connectivity index (χ1v) is 5.41. The molecule has 1 rings (SSSR count). The first-order chi connectivity index (χ1) is 6.83. The van der Waals surface area contributed by atoms with E-state index < -0.39 is 0 Å². The van der Waals surface area contributed by atoms with Crippen LogP contribution in [0.1, 0.15) is 19.8 Å². The summed E-state index contributed by atoms with van der Waals surface area (Å²) in [5.41, 5.74) is 0. The molecule has 0 aromatic heterocycles. The molecule has 0 aromatic carbocycles. The van der Waals surface area contributed by atoms with Crippen molar-refractivity contribution in [2.45, 2.75) is 19.8 Å². The number of nitrogens with zero attached hydrogens (tertiary/aromatic N) is 1. The highest BCUT2D eigenvalue weighted by Crippen LogP contribution is 2.05. The first-order valence-electron chi connectivity index (χ1n) is 5.41. The summed E-state index contributed by atoms with van der Waals surface area (Å²) < 4.78 is 4.80. The van der Waals surface area contributed by atoms with E-state index in [1.54, 1.807) is 0 Å². The Morgan fingerprint density at radius 3 is 2.79 bits per heavy atom. The van der Waals surface area contributed by atoms with Gasteiger partial charge in [0.05, 0.1) is 13.2 Å². The van der Waals surface area contributed by atoms with Gasteiger partial charge in [-0.2, -0.15) is 0 Å². The highest BCUT2D eigenvalue weighted by molar-refractivity contribution is 5.71. The predicted octanol–water partition coefficient (Wildman–Crippen LogP) is 0.235. The highest BCUT2D eigenvalue weighted by Gasteiger charge is 2.10. The van der Waals surface area contributed by atoms with Gasteiger partial charge in [0.2, 0.25) is 0 Å². The maximum atomic E-state index is 10.9. The number of ether oxygens (including phenoxy) is 1. The molecule has 1 fully saturated rings. The maximum absolute atomic E-state index is 10.9. The summed E-state index contributed by atoms with van der Waals surface area (Å²) in [4.78, 5) is 13.4. The van der Waals surface area contributed by atoms with E-state index in [-0.39, 0.29) is 5.97 Å². The molecule has 1 saturated heterocycles. The van der Waals surface area contributed by atoms with Crippen LogP contribution in [0.4, 0.5) is 0 Å². The molecule has 4 heteroatoms. The molecule has 0 spiro atoms. The van der Waals surface area contributed by atoms with Gasteiger partial charge in [-0.15, -0.1) is 0 Å². The minimum atomic E-state index is -0.158. The standard InChI is InChI=1S/C10H20N2O2/c1-2-14-10(13)9-11-5-8-12-6-3-4-7-12/h11H,2-9H2,1H3. The van der Waals surface area contributed by atoms with Crippen LogP contribution in [0.15, 0.2) is 0 Å². The van der Waals surface area contributed by atoms with Crippen LogP contribution in [0.5, 0.6) is 0 Å². The smallest absolute Gasteiger partial charge is 0.319 e. The van der Waals surface area contributed by atoms with Crippen LogP contribution in [0.25, 0.3) is 0 Å². The molecule has 1 aliphatic heterocycles. The zero-order valence-corrected chi connectivity index (χ0v) is 8.92. The third-order valence-electron chi connectivity index (χ3n) is 2.38. The van der Waals surface area contributed by atoms with Crippen molar-refractivity contribution in [2.24, 2.45) is 0 Å². The summed E-state index contributed by atoms with van der Waals surface area (Å²) in [6.45, 7) is 6.96. The summed E-state index contributed by atoms with van der Waals surface area (Å²) in [7, 11) is 0. The summed E-state index contributed by atoms with van der Waals surface area (Å²) in [5.74, 6) is -0.158. The number of hydrogen-bond donors (Lipinski definition) is 1. The predicted molar refractivity (Wildman–Crippen MR) is 55.2 cm³/mol. The topological polar surface area (TPSA) is 41.6 Å². The van der Waals surface area contributed by atoms with Crippen molar-refractivity contribution in [3.63, 3.8) is 0 Å². The fourth-order valence-electron chi connectivity index (χ4n) is 1.65. The fourth-order valence-corrected chi connectivity index (χ4v) is 1.65. The van der Waals surface area contributed by atoms with Gasteiger partial charge in [-0.1, -0.05) is 0 Å².